The van der Waals surface area contributed by atoms with Crippen molar-refractivity contribution in [1.82, 2.24) is 10.2 Å². The second kappa shape index (κ2) is 7.71. The summed E-state index contributed by atoms with van der Waals surface area (Å²) in [4.78, 5) is 14.2. The normalized spacial score (nSPS) is 18.9. The lowest BCUT2D eigenvalue weighted by Gasteiger charge is -2.34. The number of hydrogen-bond acceptors (Lipinski definition) is 3. The van der Waals surface area contributed by atoms with E-state index in [9.17, 15) is 4.79 Å². The zero-order valence-electron chi connectivity index (χ0n) is 12.7. The number of carbonyl (C=O) groups is 1. The molecule has 1 fully saturated rings. The van der Waals surface area contributed by atoms with Crippen LogP contribution in [0.1, 0.15) is 25.0 Å². The Morgan fingerprint density at radius 2 is 2.24 bits per heavy atom. The summed E-state index contributed by atoms with van der Waals surface area (Å²) in [6.45, 7) is 6.59. The van der Waals surface area contributed by atoms with Crippen molar-refractivity contribution >= 4 is 17.8 Å². The molecule has 116 valence electrons. The summed E-state index contributed by atoms with van der Waals surface area (Å²) in [5.74, 6) is 1.60. The molecule has 0 saturated carbocycles. The van der Waals surface area contributed by atoms with E-state index < -0.39 is 0 Å². The Bertz CT molecular complexity index is 479. The second-order valence-corrected chi connectivity index (χ2v) is 7.08. The van der Waals surface area contributed by atoms with Gasteiger partial charge in [0.1, 0.15) is 0 Å². The van der Waals surface area contributed by atoms with Crippen molar-refractivity contribution in [2.24, 2.45) is 5.92 Å². The van der Waals surface area contributed by atoms with Crippen LogP contribution in [-0.4, -0.2) is 40.1 Å². The average molecular weight is 308 g/mol. The number of aliphatic hydroxyl groups is 1. The number of thioether (sulfide) groups is 1. The van der Waals surface area contributed by atoms with Crippen LogP contribution in [0.2, 0.25) is 0 Å². The highest BCUT2D eigenvalue weighted by Gasteiger charge is 2.25. The maximum absolute atomic E-state index is 12.3. The van der Waals surface area contributed by atoms with E-state index >= 15 is 0 Å². The van der Waals surface area contributed by atoms with Gasteiger partial charge in [0.2, 0.25) is 0 Å². The number of urea groups is 1. The van der Waals surface area contributed by atoms with E-state index in [4.69, 9.17) is 5.11 Å². The third-order valence-corrected chi connectivity index (χ3v) is 5.28. The zero-order valence-corrected chi connectivity index (χ0v) is 13.5. The van der Waals surface area contributed by atoms with Crippen LogP contribution in [0.3, 0.4) is 0 Å². The van der Waals surface area contributed by atoms with E-state index in [2.05, 4.69) is 19.2 Å². The summed E-state index contributed by atoms with van der Waals surface area (Å²) in [7, 11) is 0. The first-order valence-corrected chi connectivity index (χ1v) is 8.48. The van der Waals surface area contributed by atoms with Crippen molar-refractivity contribution in [1.29, 1.82) is 0 Å². The standard InChI is InChI=1S/C16H24N2O2S/c1-12(2)15-10-18(6-7-21-15)16(20)17-9-13-4-3-5-14(8-13)11-19/h3-5,8,12,15,19H,6-7,9-11H2,1-2H3,(H,17,20)/t15-/m0/s1. The van der Waals surface area contributed by atoms with E-state index in [-0.39, 0.29) is 12.6 Å². The van der Waals surface area contributed by atoms with E-state index in [0.717, 1.165) is 30.0 Å². The molecular formula is C16H24N2O2S. The number of amides is 2. The number of nitrogens with one attached hydrogen (secondary N) is 1. The molecule has 1 aromatic rings. The second-order valence-electron chi connectivity index (χ2n) is 5.74. The molecule has 5 heteroatoms. The van der Waals surface area contributed by atoms with E-state index in [1.807, 2.05) is 40.9 Å². The summed E-state index contributed by atoms with van der Waals surface area (Å²) >= 11 is 1.96. The lowest BCUT2D eigenvalue weighted by atomic mass is 10.1. The first-order valence-electron chi connectivity index (χ1n) is 7.43. The summed E-state index contributed by atoms with van der Waals surface area (Å²) in [5.41, 5.74) is 1.89. The van der Waals surface area contributed by atoms with Gasteiger partial charge < -0.3 is 15.3 Å². The quantitative estimate of drug-likeness (QED) is 0.898. The highest BCUT2D eigenvalue weighted by Crippen LogP contribution is 2.24. The lowest BCUT2D eigenvalue weighted by molar-refractivity contribution is 0.196. The van der Waals surface area contributed by atoms with Gasteiger partial charge in [0.25, 0.3) is 0 Å². The predicted octanol–water partition coefficient (Wildman–Crippen LogP) is 2.46. The van der Waals surface area contributed by atoms with Gasteiger partial charge in [-0.2, -0.15) is 11.8 Å². The molecule has 0 radical (unpaired) electrons. The summed E-state index contributed by atoms with van der Waals surface area (Å²) in [6, 6.07) is 7.67. The molecule has 1 heterocycles. The average Bonchev–Trinajstić information content (AvgIpc) is 2.53. The van der Waals surface area contributed by atoms with Gasteiger partial charge in [-0.05, 0) is 17.0 Å². The summed E-state index contributed by atoms with van der Waals surface area (Å²) < 4.78 is 0. The Balaban J connectivity index is 1.86. The molecule has 0 spiro atoms. The number of benzene rings is 1. The first kappa shape index (κ1) is 16.2. The highest BCUT2D eigenvalue weighted by atomic mass is 32.2. The Morgan fingerprint density at radius 3 is 2.95 bits per heavy atom. The van der Waals surface area contributed by atoms with Gasteiger partial charge in [-0.15, -0.1) is 0 Å². The molecule has 2 amide bonds. The van der Waals surface area contributed by atoms with Crippen LogP contribution < -0.4 is 5.32 Å². The Labute approximate surface area is 130 Å². The van der Waals surface area contributed by atoms with Gasteiger partial charge in [-0.3, -0.25) is 0 Å². The van der Waals surface area contributed by atoms with Crippen molar-refractivity contribution in [2.75, 3.05) is 18.8 Å². The minimum Gasteiger partial charge on any atom is -0.392 e. The van der Waals surface area contributed by atoms with Crippen LogP contribution in [0.5, 0.6) is 0 Å². The molecule has 21 heavy (non-hydrogen) atoms. The minimum absolute atomic E-state index is 0.00958. The molecule has 2 rings (SSSR count). The minimum atomic E-state index is 0.00958. The fourth-order valence-electron chi connectivity index (χ4n) is 2.39. The molecule has 1 aliphatic heterocycles. The Morgan fingerprint density at radius 1 is 1.48 bits per heavy atom. The van der Waals surface area contributed by atoms with E-state index in [0.29, 0.717) is 17.7 Å². The first-order chi connectivity index (χ1) is 10.1. The molecule has 1 atom stereocenters. The molecule has 0 unspecified atom stereocenters. The van der Waals surface area contributed by atoms with Gasteiger partial charge in [0.05, 0.1) is 6.61 Å². The van der Waals surface area contributed by atoms with Crippen molar-refractivity contribution in [2.45, 2.75) is 32.2 Å². The van der Waals surface area contributed by atoms with Gasteiger partial charge in [-0.1, -0.05) is 38.1 Å². The molecule has 0 aliphatic carbocycles. The maximum atomic E-state index is 12.3. The van der Waals surface area contributed by atoms with Crippen LogP contribution in [0.15, 0.2) is 24.3 Å². The van der Waals surface area contributed by atoms with Crippen LogP contribution >= 0.6 is 11.8 Å². The van der Waals surface area contributed by atoms with Crippen molar-refractivity contribution in [3.8, 4) is 0 Å². The number of rotatable bonds is 4. The monoisotopic (exact) mass is 308 g/mol. The number of aliphatic hydroxyl groups excluding tert-OH is 1. The molecule has 0 aromatic heterocycles. The smallest absolute Gasteiger partial charge is 0.317 e. The molecule has 4 nitrogen and oxygen atoms in total. The fourth-order valence-corrected chi connectivity index (χ4v) is 3.69. The van der Waals surface area contributed by atoms with Gasteiger partial charge in [-0.25, -0.2) is 4.79 Å². The third kappa shape index (κ3) is 4.64. The lowest BCUT2D eigenvalue weighted by Crippen LogP contribution is -2.47. The Hall–Kier alpha value is -1.20. The van der Waals surface area contributed by atoms with Crippen LogP contribution in [0.4, 0.5) is 4.79 Å². The highest BCUT2D eigenvalue weighted by molar-refractivity contribution is 8.00. The third-order valence-electron chi connectivity index (χ3n) is 3.74. The molecule has 1 aromatic carbocycles. The molecule has 0 bridgehead atoms. The van der Waals surface area contributed by atoms with Gasteiger partial charge in [0, 0.05) is 30.6 Å². The van der Waals surface area contributed by atoms with Crippen molar-refractivity contribution in [3.05, 3.63) is 35.4 Å². The maximum Gasteiger partial charge on any atom is 0.317 e. The van der Waals surface area contributed by atoms with Crippen LogP contribution in [0.25, 0.3) is 0 Å². The van der Waals surface area contributed by atoms with E-state index in [1.54, 1.807) is 0 Å². The van der Waals surface area contributed by atoms with Gasteiger partial charge in [0.15, 0.2) is 0 Å². The van der Waals surface area contributed by atoms with Gasteiger partial charge >= 0.3 is 6.03 Å². The zero-order chi connectivity index (χ0) is 15.2. The predicted molar refractivity (Wildman–Crippen MR) is 87.3 cm³/mol. The molecular weight excluding hydrogens is 284 g/mol. The van der Waals surface area contributed by atoms with Crippen molar-refractivity contribution in [3.63, 3.8) is 0 Å². The van der Waals surface area contributed by atoms with Crippen molar-refractivity contribution < 1.29 is 9.90 Å². The Kier molecular flexibility index (Phi) is 5.94. The number of nitrogens with zero attached hydrogens (tertiary/aromatic N) is 1. The SMILES string of the molecule is CC(C)[C@@H]1CN(C(=O)NCc2cccc(CO)c2)CCS1. The fraction of sp³-hybridized carbons (Fsp3) is 0.562. The molecule has 2 N–H and O–H groups in total. The number of hydrogen-bond donors (Lipinski definition) is 2. The topological polar surface area (TPSA) is 52.6 Å². The van der Waals surface area contributed by atoms with Crippen LogP contribution in [-0.2, 0) is 13.2 Å². The number of carbonyl (C=O) groups excluding carboxylic acids is 1. The largest absolute Gasteiger partial charge is 0.392 e. The summed E-state index contributed by atoms with van der Waals surface area (Å²) in [6.07, 6.45) is 0. The van der Waals surface area contributed by atoms with E-state index in [1.165, 1.54) is 0 Å². The molecule has 1 saturated heterocycles. The van der Waals surface area contributed by atoms with Crippen LogP contribution in [0, 0.1) is 5.92 Å². The molecule has 1 aliphatic rings. The summed E-state index contributed by atoms with van der Waals surface area (Å²) in [5, 5.41) is 12.6.